The number of primary sulfonamides is 1. The highest BCUT2D eigenvalue weighted by Gasteiger charge is 2.52. The van der Waals surface area contributed by atoms with Gasteiger partial charge in [-0.1, -0.05) is 0 Å². The maximum Gasteiger partial charge on any atom is 0.492 e. The summed E-state index contributed by atoms with van der Waals surface area (Å²) < 4.78 is 40.6. The zero-order valence-corrected chi connectivity index (χ0v) is 19.5. The number of alkyl carbamates (subject to hydrolysis) is 1. The highest BCUT2D eigenvalue weighted by atomic mass is 32.2. The summed E-state index contributed by atoms with van der Waals surface area (Å²) in [6.07, 6.45) is 1.16. The Kier molecular flexibility index (Phi) is 6.61. The van der Waals surface area contributed by atoms with Crippen LogP contribution in [0.3, 0.4) is 0 Å². The topological polar surface area (TPSA) is 117 Å². The number of ether oxygens (including phenoxy) is 1. The summed E-state index contributed by atoms with van der Waals surface area (Å²) in [5.74, 6) is 0. The largest absolute Gasteiger partial charge is 0.492 e. The van der Waals surface area contributed by atoms with Gasteiger partial charge < -0.3 is 19.4 Å². The highest BCUT2D eigenvalue weighted by Crippen LogP contribution is 2.39. The van der Waals surface area contributed by atoms with Crippen LogP contribution >= 0.6 is 11.3 Å². The van der Waals surface area contributed by atoms with Crippen molar-refractivity contribution in [2.75, 3.05) is 6.54 Å². The molecule has 8 nitrogen and oxygen atoms in total. The third-order valence-corrected chi connectivity index (χ3v) is 7.07. The maximum atomic E-state index is 12.1. The molecule has 0 radical (unpaired) electrons. The van der Waals surface area contributed by atoms with Crippen LogP contribution in [0.1, 0.15) is 53.3 Å². The molecule has 0 atom stereocenters. The average molecular weight is 444 g/mol. The van der Waals surface area contributed by atoms with Crippen LogP contribution in [0, 0.1) is 0 Å². The molecule has 0 aliphatic carbocycles. The molecule has 1 fully saturated rings. The summed E-state index contributed by atoms with van der Waals surface area (Å²) in [6.45, 7) is 13.1. The van der Waals surface area contributed by atoms with E-state index < -0.39 is 40.0 Å². The molecule has 162 valence electrons. The first-order valence-corrected chi connectivity index (χ1v) is 11.5. The molecule has 1 aromatic heterocycles. The number of thiophene rings is 1. The third kappa shape index (κ3) is 6.29. The van der Waals surface area contributed by atoms with Crippen molar-refractivity contribution >= 4 is 40.6 Å². The minimum Gasteiger partial charge on any atom is -0.444 e. The normalized spacial score (nSPS) is 19.3. The number of nitrogens with one attached hydrogen (secondary N) is 1. The quantitative estimate of drug-likeness (QED) is 0.675. The van der Waals surface area contributed by atoms with Gasteiger partial charge in [0, 0.05) is 11.4 Å². The Morgan fingerprint density at radius 3 is 2.24 bits per heavy atom. The van der Waals surface area contributed by atoms with Crippen molar-refractivity contribution in [2.45, 2.75) is 69.5 Å². The van der Waals surface area contributed by atoms with Gasteiger partial charge in [0.05, 0.1) is 11.2 Å². The summed E-state index contributed by atoms with van der Waals surface area (Å²) in [5.41, 5.74) is -1.14. The number of carbonyl (C=O) groups is 1. The van der Waals surface area contributed by atoms with Crippen LogP contribution in [-0.2, 0) is 24.1 Å². The number of rotatable bonds is 5. The van der Waals surface area contributed by atoms with Crippen LogP contribution in [0.15, 0.2) is 21.8 Å². The zero-order valence-electron chi connectivity index (χ0n) is 17.9. The lowest BCUT2D eigenvalue weighted by atomic mass is 9.77. The number of amides is 1. The number of nitrogens with two attached hydrogens (primary N) is 1. The number of hydrogen-bond acceptors (Lipinski definition) is 7. The number of hydrogen-bond donors (Lipinski definition) is 2. The molecule has 1 aliphatic heterocycles. The Balaban J connectivity index is 2.29. The smallest absolute Gasteiger partial charge is 0.444 e. The van der Waals surface area contributed by atoms with Crippen LogP contribution in [0.4, 0.5) is 4.79 Å². The van der Waals surface area contributed by atoms with Crippen LogP contribution in [-0.4, -0.2) is 45.0 Å². The molecule has 1 saturated heterocycles. The first kappa shape index (κ1) is 23.9. The van der Waals surface area contributed by atoms with E-state index in [1.807, 2.05) is 27.7 Å². The van der Waals surface area contributed by atoms with Crippen molar-refractivity contribution < 1.29 is 27.3 Å². The van der Waals surface area contributed by atoms with Gasteiger partial charge in [-0.15, -0.1) is 11.3 Å². The van der Waals surface area contributed by atoms with Gasteiger partial charge in [0.1, 0.15) is 9.81 Å². The fraction of sp³-hybridized carbons (Fsp3) is 0.611. The molecule has 0 saturated carbocycles. The summed E-state index contributed by atoms with van der Waals surface area (Å²) in [4.78, 5) is 12.7. The average Bonchev–Trinajstić information content (AvgIpc) is 3.04. The third-order valence-electron chi connectivity index (χ3n) is 4.60. The summed E-state index contributed by atoms with van der Waals surface area (Å²) in [6, 6.07) is 3.08. The monoisotopic (exact) mass is 444 g/mol. The first-order chi connectivity index (χ1) is 13.0. The van der Waals surface area contributed by atoms with Crippen molar-refractivity contribution in [3.05, 3.63) is 22.5 Å². The Hall–Kier alpha value is -1.40. The lowest BCUT2D eigenvalue weighted by Crippen LogP contribution is -2.41. The Morgan fingerprint density at radius 1 is 1.24 bits per heavy atom. The fourth-order valence-corrected chi connectivity index (χ4v) is 4.16. The van der Waals surface area contributed by atoms with Gasteiger partial charge in [0.25, 0.3) is 0 Å². The first-order valence-electron chi connectivity index (χ1n) is 9.16. The fourth-order valence-electron chi connectivity index (χ4n) is 2.43. The van der Waals surface area contributed by atoms with E-state index in [2.05, 4.69) is 5.32 Å². The summed E-state index contributed by atoms with van der Waals surface area (Å²) in [5, 5.41) is 7.89. The molecule has 11 heteroatoms. The molecule has 0 bridgehead atoms. The van der Waals surface area contributed by atoms with E-state index in [1.54, 1.807) is 32.9 Å². The molecular weight excluding hydrogens is 415 g/mol. The van der Waals surface area contributed by atoms with E-state index >= 15 is 0 Å². The van der Waals surface area contributed by atoms with Gasteiger partial charge in [0.15, 0.2) is 0 Å². The molecule has 1 amide bonds. The van der Waals surface area contributed by atoms with E-state index in [4.69, 9.17) is 19.2 Å². The molecule has 0 unspecified atom stereocenters. The van der Waals surface area contributed by atoms with E-state index in [1.165, 1.54) is 6.07 Å². The van der Waals surface area contributed by atoms with Crippen LogP contribution in [0.5, 0.6) is 0 Å². The molecule has 2 rings (SSSR count). The highest BCUT2D eigenvalue weighted by molar-refractivity contribution is 7.91. The van der Waals surface area contributed by atoms with E-state index in [0.29, 0.717) is 10.3 Å². The number of sulfonamides is 1. The molecule has 1 aromatic rings. The van der Waals surface area contributed by atoms with Crippen molar-refractivity contribution in [1.29, 1.82) is 0 Å². The second kappa shape index (κ2) is 8.03. The molecule has 1 aliphatic rings. The SMILES string of the molecule is CC(C)(C)OC(=O)NCC(=Cc1ccc(S(N)(=O)=O)s1)B1OC(C)(C)C(C)(C)O1. The predicted molar refractivity (Wildman–Crippen MR) is 114 cm³/mol. The molecule has 0 aromatic carbocycles. The standard InChI is InChI=1S/C18H29BN2O6S2/c1-16(2,3)25-15(22)21-11-12(19-26-17(4,5)18(6,7)27-19)10-13-8-9-14(28-13)29(20,23)24/h8-10H,11H2,1-7H3,(H,21,22)(H2,20,23,24). The van der Waals surface area contributed by atoms with Crippen LogP contribution in [0.2, 0.25) is 0 Å². The van der Waals surface area contributed by atoms with Crippen LogP contribution < -0.4 is 10.5 Å². The molecule has 3 N–H and O–H groups in total. The lowest BCUT2D eigenvalue weighted by Gasteiger charge is -2.32. The zero-order chi connectivity index (χ0) is 22.3. The van der Waals surface area contributed by atoms with Crippen molar-refractivity contribution in [2.24, 2.45) is 5.14 Å². The molecule has 2 heterocycles. The van der Waals surface area contributed by atoms with Gasteiger partial charge in [-0.2, -0.15) is 0 Å². The van der Waals surface area contributed by atoms with Crippen molar-refractivity contribution in [3.63, 3.8) is 0 Å². The van der Waals surface area contributed by atoms with Crippen LogP contribution in [0.25, 0.3) is 6.08 Å². The lowest BCUT2D eigenvalue weighted by molar-refractivity contribution is 0.00578. The summed E-state index contributed by atoms with van der Waals surface area (Å²) in [7, 11) is -4.50. The number of carbonyl (C=O) groups excluding carboxylic acids is 1. The van der Waals surface area contributed by atoms with Gasteiger partial charge >= 0.3 is 13.2 Å². The second-order valence-corrected chi connectivity index (χ2v) is 11.8. The van der Waals surface area contributed by atoms with Gasteiger partial charge in [-0.3, -0.25) is 0 Å². The predicted octanol–water partition coefficient (Wildman–Crippen LogP) is 2.94. The van der Waals surface area contributed by atoms with E-state index in [0.717, 1.165) is 11.3 Å². The minimum absolute atomic E-state index is 0.0529. The van der Waals surface area contributed by atoms with Gasteiger partial charge in [-0.05, 0) is 72.1 Å². The minimum atomic E-state index is -3.78. The Bertz CT molecular complexity index is 884. The van der Waals surface area contributed by atoms with Crippen molar-refractivity contribution in [1.82, 2.24) is 5.32 Å². The molecule has 0 spiro atoms. The molecular formula is C18H29BN2O6S2. The van der Waals surface area contributed by atoms with Gasteiger partial charge in [-0.25, -0.2) is 18.4 Å². The van der Waals surface area contributed by atoms with E-state index in [-0.39, 0.29) is 10.8 Å². The van der Waals surface area contributed by atoms with Gasteiger partial charge in [0.2, 0.25) is 10.0 Å². The second-order valence-electron chi connectivity index (χ2n) is 8.86. The van der Waals surface area contributed by atoms with E-state index in [9.17, 15) is 13.2 Å². The Labute approximate surface area is 177 Å². The molecule has 29 heavy (non-hydrogen) atoms. The Morgan fingerprint density at radius 2 is 1.79 bits per heavy atom. The summed E-state index contributed by atoms with van der Waals surface area (Å²) >= 11 is 1.03. The van der Waals surface area contributed by atoms with Crippen molar-refractivity contribution in [3.8, 4) is 0 Å². The maximum absolute atomic E-state index is 12.1.